The number of rotatable bonds is 1. The standard InChI is InChI=1S/C19H19N/c1-19(2)17-9-4-3-8-15(17)16-11-10-14(13-18(16)19)7-5-6-12-20/h3-4,8-11,13H,6,12,20H2,1-2H3. The van der Waals surface area contributed by atoms with Crippen LogP contribution in [0.2, 0.25) is 0 Å². The van der Waals surface area contributed by atoms with Crippen LogP contribution in [0.4, 0.5) is 0 Å². The minimum atomic E-state index is 0.0531. The average molecular weight is 261 g/mol. The smallest absolute Gasteiger partial charge is 0.0248 e. The molecule has 0 saturated heterocycles. The van der Waals surface area contributed by atoms with Gasteiger partial charge in [0.05, 0.1) is 0 Å². The second-order valence-electron chi connectivity index (χ2n) is 5.77. The van der Waals surface area contributed by atoms with Crippen LogP contribution in [0.15, 0.2) is 42.5 Å². The summed E-state index contributed by atoms with van der Waals surface area (Å²) in [6.45, 7) is 5.19. The van der Waals surface area contributed by atoms with E-state index in [2.05, 4.69) is 68.2 Å². The SMILES string of the molecule is CC1(C)c2ccccc2-c2ccc(C#CCCN)cc21. The van der Waals surface area contributed by atoms with E-state index in [1.807, 2.05) is 0 Å². The molecule has 20 heavy (non-hydrogen) atoms. The van der Waals surface area contributed by atoms with Crippen molar-refractivity contribution in [2.24, 2.45) is 5.73 Å². The van der Waals surface area contributed by atoms with Crippen molar-refractivity contribution < 1.29 is 0 Å². The van der Waals surface area contributed by atoms with Crippen LogP contribution < -0.4 is 5.73 Å². The fourth-order valence-electron chi connectivity index (χ4n) is 3.02. The van der Waals surface area contributed by atoms with Crippen molar-refractivity contribution >= 4 is 0 Å². The molecular weight excluding hydrogens is 242 g/mol. The van der Waals surface area contributed by atoms with Crippen LogP contribution in [0.25, 0.3) is 11.1 Å². The van der Waals surface area contributed by atoms with Gasteiger partial charge in [-0.1, -0.05) is 56.0 Å². The largest absolute Gasteiger partial charge is 0.330 e. The lowest BCUT2D eigenvalue weighted by molar-refractivity contribution is 0.660. The van der Waals surface area contributed by atoms with Crippen molar-refractivity contribution in [1.29, 1.82) is 0 Å². The first-order valence-corrected chi connectivity index (χ1v) is 7.08. The van der Waals surface area contributed by atoms with Crippen LogP contribution in [0, 0.1) is 11.8 Å². The summed E-state index contributed by atoms with van der Waals surface area (Å²) in [6.07, 6.45) is 0.751. The zero-order valence-electron chi connectivity index (χ0n) is 12.0. The topological polar surface area (TPSA) is 26.0 Å². The minimum Gasteiger partial charge on any atom is -0.330 e. The molecule has 2 aromatic carbocycles. The summed E-state index contributed by atoms with van der Waals surface area (Å²) in [5.74, 6) is 6.33. The molecule has 0 radical (unpaired) electrons. The molecule has 3 rings (SSSR count). The van der Waals surface area contributed by atoms with Crippen LogP contribution in [-0.2, 0) is 5.41 Å². The third kappa shape index (κ3) is 1.94. The van der Waals surface area contributed by atoms with Gasteiger partial charge in [-0.05, 0) is 34.4 Å². The fourth-order valence-corrected chi connectivity index (χ4v) is 3.02. The highest BCUT2D eigenvalue weighted by molar-refractivity contribution is 5.81. The van der Waals surface area contributed by atoms with E-state index in [1.54, 1.807) is 0 Å². The van der Waals surface area contributed by atoms with Crippen LogP contribution >= 0.6 is 0 Å². The van der Waals surface area contributed by atoms with Crippen molar-refractivity contribution in [1.82, 2.24) is 0 Å². The van der Waals surface area contributed by atoms with E-state index < -0.39 is 0 Å². The second kappa shape index (κ2) is 4.81. The Morgan fingerprint density at radius 3 is 2.55 bits per heavy atom. The molecule has 0 amide bonds. The molecule has 1 aliphatic carbocycles. The van der Waals surface area contributed by atoms with Gasteiger partial charge < -0.3 is 5.73 Å². The summed E-state index contributed by atoms with van der Waals surface area (Å²) in [6, 6.07) is 15.2. The summed E-state index contributed by atoms with van der Waals surface area (Å²) < 4.78 is 0. The fraction of sp³-hybridized carbons (Fsp3) is 0.263. The normalized spacial score (nSPS) is 14.2. The summed E-state index contributed by atoms with van der Waals surface area (Å²) in [5, 5.41) is 0. The van der Waals surface area contributed by atoms with Gasteiger partial charge in [0, 0.05) is 23.9 Å². The number of hydrogen-bond acceptors (Lipinski definition) is 1. The summed E-state index contributed by atoms with van der Waals surface area (Å²) in [5.41, 5.74) is 12.1. The molecule has 1 aliphatic rings. The first-order chi connectivity index (χ1) is 9.64. The molecule has 0 atom stereocenters. The number of benzene rings is 2. The quantitative estimate of drug-likeness (QED) is 0.778. The third-order valence-corrected chi connectivity index (χ3v) is 4.09. The highest BCUT2D eigenvalue weighted by Gasteiger charge is 2.34. The Morgan fingerprint density at radius 1 is 1.00 bits per heavy atom. The van der Waals surface area contributed by atoms with Crippen LogP contribution in [0.3, 0.4) is 0 Å². The van der Waals surface area contributed by atoms with Crippen molar-refractivity contribution in [3.8, 4) is 23.0 Å². The van der Waals surface area contributed by atoms with Gasteiger partial charge in [0.1, 0.15) is 0 Å². The van der Waals surface area contributed by atoms with Crippen molar-refractivity contribution in [3.63, 3.8) is 0 Å². The van der Waals surface area contributed by atoms with E-state index in [1.165, 1.54) is 22.3 Å². The lowest BCUT2D eigenvalue weighted by atomic mass is 9.82. The molecule has 0 spiro atoms. The third-order valence-electron chi connectivity index (χ3n) is 4.09. The second-order valence-corrected chi connectivity index (χ2v) is 5.77. The zero-order valence-corrected chi connectivity index (χ0v) is 12.0. The number of fused-ring (bicyclic) bond motifs is 3. The van der Waals surface area contributed by atoms with E-state index in [0.29, 0.717) is 6.54 Å². The minimum absolute atomic E-state index is 0.0531. The molecule has 0 aromatic heterocycles. The van der Waals surface area contributed by atoms with Gasteiger partial charge in [-0.15, -0.1) is 0 Å². The monoisotopic (exact) mass is 261 g/mol. The first kappa shape index (κ1) is 13.0. The number of nitrogens with two attached hydrogens (primary N) is 1. The molecular formula is C19H19N. The predicted molar refractivity (Wildman–Crippen MR) is 84.6 cm³/mol. The maximum Gasteiger partial charge on any atom is 0.0248 e. The van der Waals surface area contributed by atoms with Crippen molar-refractivity contribution in [3.05, 3.63) is 59.2 Å². The van der Waals surface area contributed by atoms with Crippen molar-refractivity contribution in [2.45, 2.75) is 25.7 Å². The number of hydrogen-bond donors (Lipinski definition) is 1. The molecule has 0 saturated carbocycles. The lowest BCUT2D eigenvalue weighted by Gasteiger charge is -2.21. The van der Waals surface area contributed by atoms with E-state index in [4.69, 9.17) is 5.73 Å². The Hall–Kier alpha value is -2.04. The maximum absolute atomic E-state index is 5.48. The highest BCUT2D eigenvalue weighted by Crippen LogP contribution is 2.48. The van der Waals surface area contributed by atoms with Gasteiger partial charge in [0.25, 0.3) is 0 Å². The molecule has 0 aliphatic heterocycles. The van der Waals surface area contributed by atoms with Crippen LogP contribution in [0.1, 0.15) is 37.0 Å². The maximum atomic E-state index is 5.48. The molecule has 1 heteroatoms. The lowest BCUT2D eigenvalue weighted by Crippen LogP contribution is -2.14. The Bertz CT molecular complexity index is 714. The van der Waals surface area contributed by atoms with Gasteiger partial charge in [-0.2, -0.15) is 0 Å². The Balaban J connectivity index is 2.11. The molecule has 1 nitrogen and oxygen atoms in total. The summed E-state index contributed by atoms with van der Waals surface area (Å²) >= 11 is 0. The van der Waals surface area contributed by atoms with E-state index in [-0.39, 0.29) is 5.41 Å². The van der Waals surface area contributed by atoms with Crippen LogP contribution in [0.5, 0.6) is 0 Å². The Morgan fingerprint density at radius 2 is 1.75 bits per heavy atom. The van der Waals surface area contributed by atoms with E-state index in [9.17, 15) is 0 Å². The van der Waals surface area contributed by atoms with E-state index >= 15 is 0 Å². The molecule has 100 valence electrons. The molecule has 0 fully saturated rings. The average Bonchev–Trinajstić information content (AvgIpc) is 2.69. The molecule has 0 bridgehead atoms. The molecule has 0 heterocycles. The van der Waals surface area contributed by atoms with Gasteiger partial charge in [0.2, 0.25) is 0 Å². The Labute approximate surface area is 120 Å². The summed E-state index contributed by atoms with van der Waals surface area (Å²) in [7, 11) is 0. The molecule has 2 aromatic rings. The summed E-state index contributed by atoms with van der Waals surface area (Å²) in [4.78, 5) is 0. The van der Waals surface area contributed by atoms with Crippen LogP contribution in [-0.4, -0.2) is 6.54 Å². The first-order valence-electron chi connectivity index (χ1n) is 7.08. The van der Waals surface area contributed by atoms with Crippen molar-refractivity contribution in [2.75, 3.05) is 6.54 Å². The molecule has 0 unspecified atom stereocenters. The van der Waals surface area contributed by atoms with E-state index in [0.717, 1.165) is 12.0 Å². The van der Waals surface area contributed by atoms with Gasteiger partial charge in [0.15, 0.2) is 0 Å². The highest BCUT2D eigenvalue weighted by atomic mass is 14.5. The van der Waals surface area contributed by atoms with Gasteiger partial charge in [-0.3, -0.25) is 0 Å². The zero-order chi connectivity index (χ0) is 14.2. The predicted octanol–water partition coefficient (Wildman–Crippen LogP) is 3.69. The van der Waals surface area contributed by atoms with Gasteiger partial charge in [-0.25, -0.2) is 0 Å². The Kier molecular flexibility index (Phi) is 3.12. The molecule has 2 N–H and O–H groups in total. The van der Waals surface area contributed by atoms with Gasteiger partial charge >= 0.3 is 0 Å².